The molecule has 3 nitrogen and oxygen atoms in total. The molecule has 0 saturated heterocycles. The highest BCUT2D eigenvalue weighted by molar-refractivity contribution is 7.11. The predicted molar refractivity (Wildman–Crippen MR) is 95.3 cm³/mol. The van der Waals surface area contributed by atoms with Gasteiger partial charge in [0.1, 0.15) is 0 Å². The van der Waals surface area contributed by atoms with Crippen LogP contribution in [-0.4, -0.2) is 17.4 Å². The Balaban J connectivity index is 1.46. The number of benzene rings is 1. The number of hydrogen-bond acceptors (Lipinski definition) is 3. The summed E-state index contributed by atoms with van der Waals surface area (Å²) in [4.78, 5) is 18.4. The molecule has 23 heavy (non-hydrogen) atoms. The second-order valence-electron chi connectivity index (χ2n) is 6.34. The van der Waals surface area contributed by atoms with Crippen LogP contribution in [-0.2, 0) is 19.3 Å². The molecule has 0 spiro atoms. The number of fused-ring (bicyclic) bond motifs is 1. The van der Waals surface area contributed by atoms with Gasteiger partial charge in [0, 0.05) is 23.4 Å². The Hall–Kier alpha value is -1.68. The summed E-state index contributed by atoms with van der Waals surface area (Å²) in [5.41, 5.74) is 4.45. The minimum absolute atomic E-state index is 0.0199. The number of aryl methyl sites for hydroxylation is 5. The van der Waals surface area contributed by atoms with Gasteiger partial charge in [-0.05, 0) is 69.2 Å². The van der Waals surface area contributed by atoms with Gasteiger partial charge in [-0.25, -0.2) is 4.98 Å². The largest absolute Gasteiger partial charge is 0.352 e. The molecule has 3 rings (SSSR count). The van der Waals surface area contributed by atoms with Crippen LogP contribution in [0.2, 0.25) is 0 Å². The Bertz CT molecular complexity index is 682. The van der Waals surface area contributed by atoms with E-state index in [1.54, 1.807) is 0 Å². The molecule has 1 aliphatic rings. The summed E-state index contributed by atoms with van der Waals surface area (Å²) in [6.07, 6.45) is 6.85. The van der Waals surface area contributed by atoms with Crippen molar-refractivity contribution in [1.29, 1.82) is 0 Å². The molecule has 1 N–H and O–H groups in total. The molecular weight excluding hydrogens is 304 g/mol. The van der Waals surface area contributed by atoms with Gasteiger partial charge in [0.05, 0.1) is 10.7 Å². The molecule has 1 aliphatic carbocycles. The van der Waals surface area contributed by atoms with Crippen LogP contribution < -0.4 is 5.32 Å². The number of thiazole rings is 1. The Morgan fingerprint density at radius 2 is 2.04 bits per heavy atom. The van der Waals surface area contributed by atoms with Crippen LogP contribution in [0, 0.1) is 13.8 Å². The summed E-state index contributed by atoms with van der Waals surface area (Å²) in [6.45, 7) is 4.80. The molecule has 1 aromatic carbocycles. The monoisotopic (exact) mass is 328 g/mol. The van der Waals surface area contributed by atoms with E-state index in [1.807, 2.05) is 36.5 Å². The SMILES string of the molecule is Cc1ccc(C(=O)NCCCc2nc3c(s2)CCCC3)cc1C. The number of rotatable bonds is 5. The first-order chi connectivity index (χ1) is 11.1. The number of aromatic nitrogens is 1. The van der Waals surface area contributed by atoms with Crippen molar-refractivity contribution >= 4 is 17.2 Å². The Labute approximate surface area is 142 Å². The first-order valence-corrected chi connectivity index (χ1v) is 9.28. The van der Waals surface area contributed by atoms with Crippen molar-refractivity contribution in [2.45, 2.75) is 52.4 Å². The lowest BCUT2D eigenvalue weighted by atomic mass is 10.0. The average Bonchev–Trinajstić information content (AvgIpc) is 2.96. The van der Waals surface area contributed by atoms with Gasteiger partial charge >= 0.3 is 0 Å². The van der Waals surface area contributed by atoms with Crippen LogP contribution in [0.5, 0.6) is 0 Å². The van der Waals surface area contributed by atoms with E-state index in [4.69, 9.17) is 4.98 Å². The summed E-state index contributed by atoms with van der Waals surface area (Å²) in [6, 6.07) is 5.86. The molecule has 0 bridgehead atoms. The molecule has 0 radical (unpaired) electrons. The summed E-state index contributed by atoms with van der Waals surface area (Å²) < 4.78 is 0. The van der Waals surface area contributed by atoms with Crippen molar-refractivity contribution in [3.63, 3.8) is 0 Å². The van der Waals surface area contributed by atoms with Crippen LogP contribution in [0.25, 0.3) is 0 Å². The van der Waals surface area contributed by atoms with Crippen molar-refractivity contribution in [2.24, 2.45) is 0 Å². The summed E-state index contributed by atoms with van der Waals surface area (Å²) >= 11 is 1.87. The Kier molecular flexibility index (Phi) is 5.11. The van der Waals surface area contributed by atoms with Crippen LogP contribution in [0.3, 0.4) is 0 Å². The lowest BCUT2D eigenvalue weighted by molar-refractivity contribution is 0.0953. The van der Waals surface area contributed by atoms with Gasteiger partial charge in [-0.15, -0.1) is 11.3 Å². The van der Waals surface area contributed by atoms with Crippen LogP contribution >= 0.6 is 11.3 Å². The molecule has 1 amide bonds. The summed E-state index contributed by atoms with van der Waals surface area (Å²) in [7, 11) is 0. The fourth-order valence-corrected chi connectivity index (χ4v) is 4.14. The van der Waals surface area contributed by atoms with Crippen molar-refractivity contribution in [2.75, 3.05) is 6.54 Å². The van der Waals surface area contributed by atoms with Crippen molar-refractivity contribution in [3.8, 4) is 0 Å². The Morgan fingerprint density at radius 3 is 2.83 bits per heavy atom. The van der Waals surface area contributed by atoms with Crippen molar-refractivity contribution < 1.29 is 4.79 Å². The number of carbonyl (C=O) groups excluding carboxylic acids is 1. The average molecular weight is 328 g/mol. The highest BCUT2D eigenvalue weighted by Crippen LogP contribution is 2.27. The molecule has 122 valence electrons. The zero-order valence-electron chi connectivity index (χ0n) is 13.9. The number of nitrogens with zero attached hydrogens (tertiary/aromatic N) is 1. The lowest BCUT2D eigenvalue weighted by Gasteiger charge is -2.07. The standard InChI is InChI=1S/C19H24N2OS/c1-13-9-10-15(12-14(13)2)19(22)20-11-5-8-18-21-16-6-3-4-7-17(16)23-18/h9-10,12H,3-8,11H2,1-2H3,(H,20,22). The van der Waals surface area contributed by atoms with E-state index >= 15 is 0 Å². The van der Waals surface area contributed by atoms with Crippen LogP contribution in [0.15, 0.2) is 18.2 Å². The second-order valence-corrected chi connectivity index (χ2v) is 7.51. The molecule has 0 saturated carbocycles. The van der Waals surface area contributed by atoms with Gasteiger partial charge in [-0.3, -0.25) is 4.79 Å². The zero-order valence-corrected chi connectivity index (χ0v) is 14.8. The minimum atomic E-state index is 0.0199. The maximum Gasteiger partial charge on any atom is 0.251 e. The van der Waals surface area contributed by atoms with E-state index in [9.17, 15) is 4.79 Å². The highest BCUT2D eigenvalue weighted by atomic mass is 32.1. The normalized spacial score (nSPS) is 13.7. The molecule has 1 aromatic heterocycles. The fraction of sp³-hybridized carbons (Fsp3) is 0.474. The van der Waals surface area contributed by atoms with Crippen LogP contribution in [0.1, 0.15) is 56.3 Å². The van der Waals surface area contributed by atoms with Crippen LogP contribution in [0.4, 0.5) is 0 Å². The fourth-order valence-electron chi connectivity index (χ4n) is 2.94. The maximum absolute atomic E-state index is 12.2. The first-order valence-electron chi connectivity index (χ1n) is 8.46. The molecule has 0 fully saturated rings. The number of carbonyl (C=O) groups is 1. The third-order valence-corrected chi connectivity index (χ3v) is 5.73. The number of amides is 1. The third kappa shape index (κ3) is 3.99. The van der Waals surface area contributed by atoms with Gasteiger partial charge in [-0.1, -0.05) is 6.07 Å². The molecule has 0 aliphatic heterocycles. The quantitative estimate of drug-likeness (QED) is 0.843. The lowest BCUT2D eigenvalue weighted by Crippen LogP contribution is -2.24. The smallest absolute Gasteiger partial charge is 0.251 e. The van der Waals surface area contributed by atoms with E-state index in [1.165, 1.54) is 40.4 Å². The second kappa shape index (κ2) is 7.26. The molecule has 4 heteroatoms. The van der Waals surface area contributed by atoms with E-state index in [-0.39, 0.29) is 5.91 Å². The molecule has 1 heterocycles. The van der Waals surface area contributed by atoms with Gasteiger partial charge in [-0.2, -0.15) is 0 Å². The number of hydrogen-bond donors (Lipinski definition) is 1. The van der Waals surface area contributed by atoms with E-state index in [2.05, 4.69) is 12.2 Å². The molecule has 0 atom stereocenters. The maximum atomic E-state index is 12.2. The predicted octanol–water partition coefficient (Wildman–Crippen LogP) is 4.00. The van der Waals surface area contributed by atoms with Gasteiger partial charge in [0.15, 0.2) is 0 Å². The molecular formula is C19H24N2OS. The van der Waals surface area contributed by atoms with Crippen molar-refractivity contribution in [1.82, 2.24) is 10.3 Å². The van der Waals surface area contributed by atoms with Gasteiger partial charge in [0.2, 0.25) is 0 Å². The zero-order chi connectivity index (χ0) is 16.2. The Morgan fingerprint density at radius 1 is 1.22 bits per heavy atom. The molecule has 2 aromatic rings. The van der Waals surface area contributed by atoms with E-state index < -0.39 is 0 Å². The minimum Gasteiger partial charge on any atom is -0.352 e. The van der Waals surface area contributed by atoms with E-state index in [0.29, 0.717) is 6.54 Å². The first kappa shape index (κ1) is 16.2. The summed E-state index contributed by atoms with van der Waals surface area (Å²) in [5.74, 6) is 0.0199. The number of nitrogens with one attached hydrogen (secondary N) is 1. The van der Waals surface area contributed by atoms with Gasteiger partial charge in [0.25, 0.3) is 5.91 Å². The molecule has 0 unspecified atom stereocenters. The summed E-state index contributed by atoms with van der Waals surface area (Å²) in [5, 5.41) is 4.25. The van der Waals surface area contributed by atoms with Gasteiger partial charge < -0.3 is 5.32 Å². The topological polar surface area (TPSA) is 42.0 Å². The highest BCUT2D eigenvalue weighted by Gasteiger charge is 2.14. The van der Waals surface area contributed by atoms with Crippen molar-refractivity contribution in [3.05, 3.63) is 50.5 Å². The van der Waals surface area contributed by atoms with E-state index in [0.717, 1.165) is 30.4 Å². The third-order valence-electron chi connectivity index (χ3n) is 4.51.